The second kappa shape index (κ2) is 9.21. The molecule has 8 nitrogen and oxygen atoms in total. The van der Waals surface area contributed by atoms with E-state index in [2.05, 4.69) is 26.1 Å². The molecule has 0 aliphatic rings. The molecule has 0 fully saturated rings. The highest BCUT2D eigenvalue weighted by Crippen LogP contribution is 2.31. The van der Waals surface area contributed by atoms with Crippen LogP contribution >= 0.6 is 15.9 Å². The van der Waals surface area contributed by atoms with Crippen LogP contribution in [0.2, 0.25) is 0 Å². The lowest BCUT2D eigenvalue weighted by Crippen LogP contribution is -2.34. The molecular formula is C14H22BrN3O5S. The molecule has 0 saturated carbocycles. The number of hydrogen-bond donors (Lipinski definition) is 3. The summed E-state index contributed by atoms with van der Waals surface area (Å²) in [6.07, 6.45) is 0. The lowest BCUT2D eigenvalue weighted by atomic mass is 10.1. The number of benzene rings is 1. The Hall–Kier alpha value is -1.36. The number of halogens is 1. The average molecular weight is 424 g/mol. The molecule has 1 aromatic rings. The van der Waals surface area contributed by atoms with Gasteiger partial charge in [0.05, 0.1) is 18.4 Å². The summed E-state index contributed by atoms with van der Waals surface area (Å²) in [5.74, 6) is -0.150. The smallest absolute Gasteiger partial charge is 0.357 e. The summed E-state index contributed by atoms with van der Waals surface area (Å²) in [6.45, 7) is 7.10. The summed E-state index contributed by atoms with van der Waals surface area (Å²) in [4.78, 5) is 14.5. The summed E-state index contributed by atoms with van der Waals surface area (Å²) < 4.78 is 38.1. The van der Waals surface area contributed by atoms with Crippen LogP contribution in [0.3, 0.4) is 0 Å². The maximum Gasteiger partial charge on any atom is 0.357 e. The molecule has 0 aliphatic carbocycles. The van der Waals surface area contributed by atoms with E-state index < -0.39 is 10.3 Å². The number of hydrogen-bond acceptors (Lipinski definition) is 5. The van der Waals surface area contributed by atoms with Gasteiger partial charge >= 0.3 is 10.3 Å². The third-order valence-electron chi connectivity index (χ3n) is 3.38. The molecule has 0 unspecified atom stereocenters. The van der Waals surface area contributed by atoms with Crippen LogP contribution in [0.15, 0.2) is 16.6 Å². The highest BCUT2D eigenvalue weighted by Gasteiger charge is 2.17. The molecule has 0 aliphatic heterocycles. The Morgan fingerprint density at radius 2 is 1.96 bits per heavy atom. The molecule has 3 N–H and O–H groups in total. The molecule has 10 heteroatoms. The summed E-state index contributed by atoms with van der Waals surface area (Å²) in [5, 5.41) is 2.80. The zero-order chi connectivity index (χ0) is 18.3. The van der Waals surface area contributed by atoms with Gasteiger partial charge in [0.25, 0.3) is 5.91 Å². The van der Waals surface area contributed by atoms with Crippen molar-refractivity contribution in [3.63, 3.8) is 0 Å². The fourth-order valence-corrected chi connectivity index (χ4v) is 3.10. The van der Waals surface area contributed by atoms with Gasteiger partial charge in [-0.1, -0.05) is 13.8 Å². The fraction of sp³-hybridized carbons (Fsp3) is 0.500. The number of methoxy groups -OCH3 is 1. The van der Waals surface area contributed by atoms with Crippen LogP contribution in [0.1, 0.15) is 24.2 Å². The second-order valence-electron chi connectivity index (χ2n) is 4.89. The van der Waals surface area contributed by atoms with Gasteiger partial charge in [-0.25, -0.2) is 0 Å². The van der Waals surface area contributed by atoms with Crippen LogP contribution in [0, 0.1) is 0 Å². The summed E-state index contributed by atoms with van der Waals surface area (Å²) in [7, 11) is -3.06. The number of nitrogens with zero attached hydrogens (tertiary/aromatic N) is 1. The van der Waals surface area contributed by atoms with Gasteiger partial charge in [-0.3, -0.25) is 14.1 Å². The second-order valence-corrected chi connectivity index (χ2v) is 6.90. The maximum absolute atomic E-state index is 12.3. The molecule has 0 heterocycles. The molecular weight excluding hydrogens is 402 g/mol. The largest absolute Gasteiger partial charge is 0.496 e. The van der Waals surface area contributed by atoms with Crippen LogP contribution in [0.25, 0.3) is 0 Å². The summed E-state index contributed by atoms with van der Waals surface area (Å²) >= 11 is 3.16. The van der Waals surface area contributed by atoms with Crippen molar-refractivity contribution in [2.45, 2.75) is 13.8 Å². The number of amides is 1. The Kier molecular flexibility index (Phi) is 7.94. The van der Waals surface area contributed by atoms with Crippen LogP contribution in [0.5, 0.6) is 5.75 Å². The molecule has 1 rings (SSSR count). The van der Waals surface area contributed by atoms with E-state index in [4.69, 9.17) is 9.29 Å². The van der Waals surface area contributed by atoms with E-state index in [0.717, 1.165) is 19.6 Å². The fourth-order valence-electron chi connectivity index (χ4n) is 2.08. The average Bonchev–Trinajstić information content (AvgIpc) is 2.51. The molecule has 0 atom stereocenters. The Labute approximate surface area is 150 Å². The lowest BCUT2D eigenvalue weighted by Gasteiger charge is -2.18. The van der Waals surface area contributed by atoms with Crippen molar-refractivity contribution >= 4 is 37.8 Å². The van der Waals surface area contributed by atoms with Crippen molar-refractivity contribution in [2.75, 3.05) is 38.0 Å². The molecule has 0 saturated heterocycles. The van der Waals surface area contributed by atoms with Crippen molar-refractivity contribution in [1.29, 1.82) is 0 Å². The highest BCUT2D eigenvalue weighted by atomic mass is 79.9. The zero-order valence-corrected chi connectivity index (χ0v) is 16.2. The van der Waals surface area contributed by atoms with Crippen LogP contribution in [-0.2, 0) is 10.3 Å². The van der Waals surface area contributed by atoms with Gasteiger partial charge in [0.15, 0.2) is 0 Å². The van der Waals surface area contributed by atoms with E-state index >= 15 is 0 Å². The molecule has 24 heavy (non-hydrogen) atoms. The van der Waals surface area contributed by atoms with E-state index in [9.17, 15) is 13.2 Å². The first-order valence-corrected chi connectivity index (χ1v) is 9.58. The Morgan fingerprint density at radius 3 is 2.46 bits per heavy atom. The number of likely N-dealkylation sites (N-methyl/N-ethyl adjacent to an activating group) is 1. The monoisotopic (exact) mass is 423 g/mol. The molecule has 1 aromatic carbocycles. The van der Waals surface area contributed by atoms with E-state index in [1.54, 1.807) is 0 Å². The first-order chi connectivity index (χ1) is 11.2. The van der Waals surface area contributed by atoms with Crippen molar-refractivity contribution < 1.29 is 22.5 Å². The van der Waals surface area contributed by atoms with Gasteiger partial charge in [-0.15, -0.1) is 0 Å². The Balaban J connectivity index is 2.91. The van der Waals surface area contributed by atoms with Gasteiger partial charge in [0.2, 0.25) is 0 Å². The van der Waals surface area contributed by atoms with Crippen molar-refractivity contribution in [1.82, 2.24) is 10.2 Å². The number of ether oxygens (including phenoxy) is 1. The highest BCUT2D eigenvalue weighted by molar-refractivity contribution is 9.10. The molecule has 0 bridgehead atoms. The zero-order valence-electron chi connectivity index (χ0n) is 13.8. The van der Waals surface area contributed by atoms with Gasteiger partial charge < -0.3 is 15.0 Å². The standard InChI is InChI=1S/C14H22BrN3O5S/c1-4-18(5-2)7-6-16-14(19)10-8-11(15)12(9-13(10)23-3)17-24(20,21)22/h8-9,17H,4-7H2,1-3H3,(H,16,19)(H,20,21,22). The van der Waals surface area contributed by atoms with Gasteiger partial charge in [-0.05, 0) is 35.1 Å². The van der Waals surface area contributed by atoms with Crippen molar-refractivity contribution in [2.24, 2.45) is 0 Å². The van der Waals surface area contributed by atoms with Crippen molar-refractivity contribution in [3.05, 3.63) is 22.2 Å². The van der Waals surface area contributed by atoms with Crippen LogP contribution in [-0.4, -0.2) is 57.1 Å². The first-order valence-electron chi connectivity index (χ1n) is 7.35. The SMILES string of the molecule is CCN(CC)CCNC(=O)c1cc(Br)c(NS(=O)(=O)O)cc1OC. The predicted molar refractivity (Wildman–Crippen MR) is 96.0 cm³/mol. The van der Waals surface area contributed by atoms with E-state index in [1.165, 1.54) is 19.2 Å². The van der Waals surface area contributed by atoms with Gasteiger partial charge in [0, 0.05) is 23.6 Å². The van der Waals surface area contributed by atoms with Gasteiger partial charge in [0.1, 0.15) is 5.75 Å². The molecule has 0 aromatic heterocycles. The van der Waals surface area contributed by atoms with Crippen molar-refractivity contribution in [3.8, 4) is 5.75 Å². The maximum atomic E-state index is 12.3. The minimum atomic E-state index is -4.43. The Bertz CT molecular complexity index is 677. The number of carbonyl (C=O) groups excluding carboxylic acids is 1. The third kappa shape index (κ3) is 6.27. The molecule has 1 amide bonds. The third-order valence-corrected chi connectivity index (χ3v) is 4.51. The number of anilines is 1. The molecule has 0 spiro atoms. The van der Waals surface area contributed by atoms with E-state index in [-0.39, 0.29) is 22.9 Å². The lowest BCUT2D eigenvalue weighted by molar-refractivity contribution is 0.0946. The minimum absolute atomic E-state index is 0.0639. The summed E-state index contributed by atoms with van der Waals surface area (Å²) in [5.41, 5.74) is 0.318. The predicted octanol–water partition coefficient (Wildman–Crippen LogP) is 1.74. The van der Waals surface area contributed by atoms with Crippen LogP contribution < -0.4 is 14.8 Å². The number of carbonyl (C=O) groups is 1. The van der Waals surface area contributed by atoms with E-state index in [1.807, 2.05) is 18.6 Å². The quantitative estimate of drug-likeness (QED) is 0.522. The minimum Gasteiger partial charge on any atom is -0.496 e. The summed E-state index contributed by atoms with van der Waals surface area (Å²) in [6, 6.07) is 2.75. The topological polar surface area (TPSA) is 108 Å². The Morgan fingerprint density at radius 1 is 1.33 bits per heavy atom. The van der Waals surface area contributed by atoms with E-state index in [0.29, 0.717) is 11.0 Å². The molecule has 136 valence electrons. The first kappa shape index (κ1) is 20.7. The molecule has 0 radical (unpaired) electrons. The number of nitrogens with one attached hydrogen (secondary N) is 2. The number of rotatable bonds is 9. The van der Waals surface area contributed by atoms with Crippen LogP contribution in [0.4, 0.5) is 5.69 Å². The van der Waals surface area contributed by atoms with Gasteiger partial charge in [-0.2, -0.15) is 8.42 Å². The normalized spacial score (nSPS) is 11.4.